The molecule has 0 radical (unpaired) electrons. The Kier molecular flexibility index (Phi) is 5.31. The zero-order valence-electron chi connectivity index (χ0n) is 15.3. The molecule has 2 heterocycles. The van der Waals surface area contributed by atoms with Gasteiger partial charge in [0.25, 0.3) is 11.8 Å². The van der Waals surface area contributed by atoms with Crippen LogP contribution in [0.4, 0.5) is 16.2 Å². The topological polar surface area (TPSA) is 103 Å². The zero-order valence-corrected chi connectivity index (χ0v) is 16.8. The summed E-state index contributed by atoms with van der Waals surface area (Å²) in [6.07, 6.45) is 3.52. The summed E-state index contributed by atoms with van der Waals surface area (Å²) >= 11 is 11.7. The van der Waals surface area contributed by atoms with E-state index in [0.717, 1.165) is 5.69 Å². The van der Waals surface area contributed by atoms with E-state index in [9.17, 15) is 14.4 Å². The second-order valence-corrected chi connectivity index (χ2v) is 7.25. The highest BCUT2D eigenvalue weighted by Gasteiger charge is 2.24. The molecule has 2 aromatic carbocycles. The minimum absolute atomic E-state index is 0.194. The van der Waals surface area contributed by atoms with Crippen LogP contribution in [-0.4, -0.2) is 22.8 Å². The fraction of sp³-hybridized carbons (Fsp3) is 0. The van der Waals surface area contributed by atoms with Crippen LogP contribution in [-0.2, 0) is 4.79 Å². The number of hydrogen-bond donors (Lipinski definition) is 4. The van der Waals surface area contributed by atoms with E-state index >= 15 is 0 Å². The first kappa shape index (κ1) is 19.8. The Morgan fingerprint density at radius 3 is 2.57 bits per heavy atom. The molecule has 4 rings (SSSR count). The highest BCUT2D eigenvalue weighted by atomic mass is 35.5. The molecular formula is C21H14Cl2N4O3. The van der Waals surface area contributed by atoms with Gasteiger partial charge in [-0.15, -0.1) is 0 Å². The summed E-state index contributed by atoms with van der Waals surface area (Å²) in [6.45, 7) is 0. The van der Waals surface area contributed by atoms with Gasteiger partial charge in [0.05, 0.1) is 21.3 Å². The molecule has 4 N–H and O–H groups in total. The molecule has 0 unspecified atom stereocenters. The summed E-state index contributed by atoms with van der Waals surface area (Å²) in [7, 11) is 0. The van der Waals surface area contributed by atoms with Crippen molar-refractivity contribution >= 4 is 64.1 Å². The minimum Gasteiger partial charge on any atom is -0.362 e. The van der Waals surface area contributed by atoms with Crippen LogP contribution in [0.15, 0.2) is 54.7 Å². The van der Waals surface area contributed by atoms with Crippen LogP contribution in [0.3, 0.4) is 0 Å². The van der Waals surface area contributed by atoms with E-state index in [2.05, 4.69) is 20.9 Å². The number of carbonyl (C=O) groups is 3. The van der Waals surface area contributed by atoms with Crippen LogP contribution in [0, 0.1) is 0 Å². The maximum Gasteiger partial charge on any atom is 0.326 e. The van der Waals surface area contributed by atoms with E-state index in [1.54, 1.807) is 30.5 Å². The van der Waals surface area contributed by atoms with Crippen LogP contribution in [0.5, 0.6) is 0 Å². The Morgan fingerprint density at radius 1 is 1.00 bits per heavy atom. The number of carbonyl (C=O) groups excluding carboxylic acids is 3. The van der Waals surface area contributed by atoms with Crippen molar-refractivity contribution in [1.29, 1.82) is 0 Å². The lowest BCUT2D eigenvalue weighted by atomic mass is 10.1. The first-order valence-electron chi connectivity index (χ1n) is 8.79. The van der Waals surface area contributed by atoms with E-state index < -0.39 is 11.9 Å². The maximum absolute atomic E-state index is 12.3. The number of halogens is 2. The number of nitrogens with one attached hydrogen (secondary N) is 4. The fourth-order valence-corrected chi connectivity index (χ4v) is 3.28. The molecular weight excluding hydrogens is 427 g/mol. The Bertz CT molecular complexity index is 1200. The number of imide groups is 1. The molecule has 4 amide bonds. The molecule has 7 nitrogen and oxygen atoms in total. The molecule has 1 aliphatic heterocycles. The molecule has 0 atom stereocenters. The number of H-pyrrole nitrogens is 1. The van der Waals surface area contributed by atoms with Crippen LogP contribution in [0.25, 0.3) is 11.6 Å². The summed E-state index contributed by atoms with van der Waals surface area (Å²) in [4.78, 5) is 39.7. The van der Waals surface area contributed by atoms with Crippen molar-refractivity contribution < 1.29 is 14.4 Å². The lowest BCUT2D eigenvalue weighted by Crippen LogP contribution is -2.34. The van der Waals surface area contributed by atoms with Gasteiger partial charge < -0.3 is 15.6 Å². The number of amides is 4. The van der Waals surface area contributed by atoms with E-state index in [-0.39, 0.29) is 16.5 Å². The van der Waals surface area contributed by atoms with Gasteiger partial charge in [-0.1, -0.05) is 29.3 Å². The molecule has 0 aliphatic carbocycles. The molecule has 9 heteroatoms. The van der Waals surface area contributed by atoms with Crippen molar-refractivity contribution in [2.75, 3.05) is 10.6 Å². The number of aromatic amines is 1. The highest BCUT2D eigenvalue weighted by Crippen LogP contribution is 2.34. The van der Waals surface area contributed by atoms with Gasteiger partial charge >= 0.3 is 6.03 Å². The molecule has 1 aromatic heterocycles. The average Bonchev–Trinajstić information content (AvgIpc) is 3.32. The van der Waals surface area contributed by atoms with Gasteiger partial charge in [0.2, 0.25) is 0 Å². The predicted molar refractivity (Wildman–Crippen MR) is 117 cm³/mol. The SMILES string of the molecule is O=C(NC(=O)c1ccc(Cl)c(Cl)c1)Nc1ccc2c(c1)NC(=O)C2=Cc1ccc[nH]1. The van der Waals surface area contributed by atoms with Crippen molar-refractivity contribution in [3.8, 4) is 0 Å². The third-order valence-electron chi connectivity index (χ3n) is 4.39. The van der Waals surface area contributed by atoms with Crippen molar-refractivity contribution in [2.24, 2.45) is 0 Å². The third-order valence-corrected chi connectivity index (χ3v) is 5.13. The van der Waals surface area contributed by atoms with Gasteiger partial charge in [-0.3, -0.25) is 14.9 Å². The molecule has 150 valence electrons. The van der Waals surface area contributed by atoms with Crippen molar-refractivity contribution in [3.63, 3.8) is 0 Å². The second-order valence-electron chi connectivity index (χ2n) is 6.44. The van der Waals surface area contributed by atoms with Crippen molar-refractivity contribution in [1.82, 2.24) is 10.3 Å². The molecule has 3 aromatic rings. The van der Waals surface area contributed by atoms with Crippen LogP contribution >= 0.6 is 23.2 Å². The first-order chi connectivity index (χ1) is 14.4. The minimum atomic E-state index is -0.725. The Balaban J connectivity index is 1.46. The van der Waals surface area contributed by atoms with E-state index in [1.165, 1.54) is 18.2 Å². The van der Waals surface area contributed by atoms with Gasteiger partial charge in [-0.2, -0.15) is 0 Å². The van der Waals surface area contributed by atoms with Gasteiger partial charge in [0, 0.05) is 28.7 Å². The number of aromatic nitrogens is 1. The Hall–Kier alpha value is -3.55. The first-order valence-corrected chi connectivity index (χ1v) is 9.54. The quantitative estimate of drug-likeness (QED) is 0.440. The molecule has 30 heavy (non-hydrogen) atoms. The number of anilines is 2. The summed E-state index contributed by atoms with van der Waals surface area (Å²) in [5, 5.41) is 8.06. The average molecular weight is 441 g/mol. The molecule has 0 fully saturated rings. The van der Waals surface area contributed by atoms with E-state index in [4.69, 9.17) is 23.2 Å². The molecule has 0 saturated carbocycles. The summed E-state index contributed by atoms with van der Waals surface area (Å²) < 4.78 is 0. The standard InChI is InChI=1S/C21H14Cl2N4O3/c22-16-6-3-11(8-17(16)23)19(28)27-21(30)25-13-4-5-14-15(9-12-2-1-7-24-12)20(29)26-18(14)10-13/h1-10,24H,(H,26,29)(H2,25,27,28,30). The fourth-order valence-electron chi connectivity index (χ4n) is 2.98. The maximum atomic E-state index is 12.3. The zero-order chi connectivity index (χ0) is 21.3. The predicted octanol–water partition coefficient (Wildman–Crippen LogP) is 4.78. The number of benzene rings is 2. The summed E-state index contributed by atoms with van der Waals surface area (Å²) in [5.74, 6) is -0.868. The van der Waals surface area contributed by atoms with Crippen LogP contribution < -0.4 is 16.0 Å². The monoisotopic (exact) mass is 440 g/mol. The van der Waals surface area contributed by atoms with E-state index in [0.29, 0.717) is 27.5 Å². The van der Waals surface area contributed by atoms with Crippen LogP contribution in [0.2, 0.25) is 10.0 Å². The van der Waals surface area contributed by atoms with Gasteiger partial charge in [0.15, 0.2) is 0 Å². The van der Waals surface area contributed by atoms with Crippen molar-refractivity contribution in [2.45, 2.75) is 0 Å². The van der Waals surface area contributed by atoms with Gasteiger partial charge in [-0.05, 0) is 48.5 Å². The highest BCUT2D eigenvalue weighted by molar-refractivity contribution is 6.42. The lowest BCUT2D eigenvalue weighted by molar-refractivity contribution is -0.110. The molecule has 0 saturated heterocycles. The number of fused-ring (bicyclic) bond motifs is 1. The van der Waals surface area contributed by atoms with Crippen LogP contribution in [0.1, 0.15) is 21.6 Å². The number of urea groups is 1. The van der Waals surface area contributed by atoms with Gasteiger partial charge in [-0.25, -0.2) is 4.79 Å². The van der Waals surface area contributed by atoms with Gasteiger partial charge in [0.1, 0.15) is 0 Å². The number of rotatable bonds is 3. The Morgan fingerprint density at radius 2 is 1.83 bits per heavy atom. The summed E-state index contributed by atoms with van der Waals surface area (Å²) in [5.41, 5.74) is 3.20. The van der Waals surface area contributed by atoms with E-state index in [1.807, 2.05) is 12.1 Å². The lowest BCUT2D eigenvalue weighted by Gasteiger charge is -2.09. The second kappa shape index (κ2) is 8.06. The largest absolute Gasteiger partial charge is 0.362 e. The normalized spacial score (nSPS) is 13.7. The number of hydrogen-bond acceptors (Lipinski definition) is 3. The molecule has 1 aliphatic rings. The van der Waals surface area contributed by atoms with Crippen molar-refractivity contribution in [3.05, 3.63) is 81.6 Å². The molecule has 0 bridgehead atoms. The third kappa shape index (κ3) is 4.07. The molecule has 0 spiro atoms. The smallest absolute Gasteiger partial charge is 0.326 e. The summed E-state index contributed by atoms with van der Waals surface area (Å²) in [6, 6.07) is 12.2. The Labute approximate surface area is 181 Å².